The minimum absolute atomic E-state index is 0.120. The standard InChI is InChI=1S/C26H38F2N6O4SSi/c1-18-15-23(31-25(29-18)34-9-7-26(27,28)8-10-34)30-24(36)21-6-5-20(32-39(37,38)19(2)17-35)16-22(21)33-11-13-40(3,4)14-12-33/h5-6,15-16,19,32,35H,7-14,17H2,1-4H3,(H,29,30,31,36)/t19-/m0/s1. The molecule has 1 atom stereocenters. The first-order valence-corrected chi connectivity index (χ1v) is 18.5. The maximum absolute atomic E-state index is 13.6. The Morgan fingerprint density at radius 3 is 2.38 bits per heavy atom. The molecule has 2 aromatic rings. The number of aliphatic hydroxyl groups excluding tert-OH is 1. The van der Waals surface area contributed by atoms with Crippen molar-refractivity contribution < 1.29 is 27.1 Å². The van der Waals surface area contributed by atoms with E-state index in [-0.39, 0.29) is 37.7 Å². The van der Waals surface area contributed by atoms with Gasteiger partial charge in [-0.3, -0.25) is 9.52 Å². The number of nitrogens with one attached hydrogen (secondary N) is 2. The van der Waals surface area contributed by atoms with Crippen LogP contribution < -0.4 is 19.8 Å². The van der Waals surface area contributed by atoms with Crippen molar-refractivity contribution in [3.8, 4) is 0 Å². The van der Waals surface area contributed by atoms with E-state index in [0.29, 0.717) is 22.6 Å². The van der Waals surface area contributed by atoms with E-state index in [1.807, 2.05) is 0 Å². The van der Waals surface area contributed by atoms with Crippen LogP contribution in [0.2, 0.25) is 25.2 Å². The van der Waals surface area contributed by atoms with E-state index >= 15 is 0 Å². The van der Waals surface area contributed by atoms with Crippen LogP contribution in [0.15, 0.2) is 24.3 Å². The molecule has 0 unspecified atom stereocenters. The number of aliphatic hydroxyl groups is 1. The number of hydrogen-bond donors (Lipinski definition) is 3. The Balaban J connectivity index is 1.61. The number of aromatic nitrogens is 2. The lowest BCUT2D eigenvalue weighted by Crippen LogP contribution is -2.43. The minimum Gasteiger partial charge on any atom is -0.395 e. The third-order valence-corrected chi connectivity index (χ3v) is 12.5. The average Bonchev–Trinajstić information content (AvgIpc) is 2.87. The number of aryl methyl sites for hydroxylation is 1. The Hall–Kier alpha value is -2.84. The zero-order chi connectivity index (χ0) is 29.3. The molecule has 2 fully saturated rings. The number of sulfonamides is 1. The van der Waals surface area contributed by atoms with Gasteiger partial charge >= 0.3 is 0 Å². The summed E-state index contributed by atoms with van der Waals surface area (Å²) in [5.74, 6) is -2.58. The minimum atomic E-state index is -3.82. The Morgan fingerprint density at radius 2 is 1.75 bits per heavy atom. The normalized spacial score (nSPS) is 19.7. The molecule has 220 valence electrons. The Bertz CT molecular complexity index is 1340. The van der Waals surface area contributed by atoms with Crippen molar-refractivity contribution in [3.05, 3.63) is 35.5 Å². The second kappa shape index (κ2) is 11.6. The fourth-order valence-corrected chi connectivity index (χ4v) is 7.59. The van der Waals surface area contributed by atoms with Crippen molar-refractivity contribution in [1.29, 1.82) is 0 Å². The molecule has 1 aromatic carbocycles. The molecular weight excluding hydrogens is 558 g/mol. The predicted octanol–water partition coefficient (Wildman–Crippen LogP) is 3.92. The molecule has 14 heteroatoms. The highest BCUT2D eigenvalue weighted by Crippen LogP contribution is 2.33. The van der Waals surface area contributed by atoms with Crippen LogP contribution in [0.25, 0.3) is 0 Å². The zero-order valence-corrected chi connectivity index (χ0v) is 25.2. The number of rotatable bonds is 8. The van der Waals surface area contributed by atoms with E-state index < -0.39 is 41.8 Å². The van der Waals surface area contributed by atoms with Crippen LogP contribution in [-0.4, -0.2) is 81.4 Å². The molecule has 0 spiro atoms. The highest BCUT2D eigenvalue weighted by atomic mass is 32.2. The summed E-state index contributed by atoms with van der Waals surface area (Å²) in [6, 6.07) is 8.44. The molecular formula is C26H38F2N6O4SSi. The summed E-state index contributed by atoms with van der Waals surface area (Å²) < 4.78 is 55.0. The maximum Gasteiger partial charge on any atom is 0.258 e. The van der Waals surface area contributed by atoms with Crippen LogP contribution in [0, 0.1) is 6.92 Å². The fourth-order valence-electron chi connectivity index (χ4n) is 4.74. The van der Waals surface area contributed by atoms with Crippen molar-refractivity contribution in [2.75, 3.05) is 52.6 Å². The summed E-state index contributed by atoms with van der Waals surface area (Å²) in [6.07, 6.45) is -0.559. The van der Waals surface area contributed by atoms with Gasteiger partial charge in [-0.25, -0.2) is 22.2 Å². The topological polar surface area (TPSA) is 128 Å². The molecule has 3 heterocycles. The number of carbonyl (C=O) groups is 1. The Labute approximate surface area is 235 Å². The molecule has 1 aromatic heterocycles. The van der Waals surface area contributed by atoms with Crippen molar-refractivity contribution in [1.82, 2.24) is 9.97 Å². The number of amides is 1. The van der Waals surface area contributed by atoms with Crippen molar-refractivity contribution in [2.24, 2.45) is 0 Å². The summed E-state index contributed by atoms with van der Waals surface area (Å²) >= 11 is 0. The average molecular weight is 597 g/mol. The number of anilines is 4. The number of hydrogen-bond acceptors (Lipinski definition) is 8. The largest absolute Gasteiger partial charge is 0.395 e. The summed E-state index contributed by atoms with van der Waals surface area (Å²) in [5.41, 5.74) is 1.85. The van der Waals surface area contributed by atoms with E-state index in [9.17, 15) is 27.1 Å². The predicted molar refractivity (Wildman–Crippen MR) is 156 cm³/mol. The molecule has 0 aliphatic carbocycles. The first kappa shape index (κ1) is 30.1. The molecule has 3 N–H and O–H groups in total. The van der Waals surface area contributed by atoms with Crippen LogP contribution in [0.4, 0.5) is 31.9 Å². The second-order valence-electron chi connectivity index (χ2n) is 11.5. The summed E-state index contributed by atoms with van der Waals surface area (Å²) in [7, 11) is -5.15. The van der Waals surface area contributed by atoms with Gasteiger partial charge in [0, 0.05) is 50.8 Å². The van der Waals surface area contributed by atoms with Gasteiger partial charge in [-0.2, -0.15) is 4.98 Å². The number of piperidine rings is 1. The zero-order valence-electron chi connectivity index (χ0n) is 23.4. The third kappa shape index (κ3) is 7.26. The van der Waals surface area contributed by atoms with Gasteiger partial charge < -0.3 is 20.2 Å². The molecule has 1 amide bonds. The van der Waals surface area contributed by atoms with E-state index in [1.165, 1.54) is 13.0 Å². The summed E-state index contributed by atoms with van der Waals surface area (Å²) in [4.78, 5) is 26.2. The van der Waals surface area contributed by atoms with Crippen LogP contribution >= 0.6 is 0 Å². The van der Waals surface area contributed by atoms with Crippen molar-refractivity contribution in [2.45, 2.75) is 63.0 Å². The molecule has 2 aliphatic heterocycles. The second-order valence-corrected chi connectivity index (χ2v) is 18.9. The van der Waals surface area contributed by atoms with Gasteiger partial charge in [-0.15, -0.1) is 0 Å². The van der Waals surface area contributed by atoms with Gasteiger partial charge in [0.15, 0.2) is 0 Å². The summed E-state index contributed by atoms with van der Waals surface area (Å²) in [6.45, 7) is 9.04. The van der Waals surface area contributed by atoms with E-state index in [4.69, 9.17) is 0 Å². The molecule has 0 saturated carbocycles. The Kier molecular flexibility index (Phi) is 8.71. The Morgan fingerprint density at radius 1 is 1.10 bits per heavy atom. The fraction of sp³-hybridized carbons (Fsp3) is 0.577. The lowest BCUT2D eigenvalue weighted by Gasteiger charge is -2.38. The molecule has 2 aliphatic rings. The van der Waals surface area contributed by atoms with Gasteiger partial charge in [0.25, 0.3) is 11.8 Å². The third-order valence-electron chi connectivity index (χ3n) is 7.61. The van der Waals surface area contributed by atoms with Gasteiger partial charge in [-0.1, -0.05) is 13.1 Å². The van der Waals surface area contributed by atoms with Gasteiger partial charge in [0.1, 0.15) is 11.1 Å². The highest BCUT2D eigenvalue weighted by Gasteiger charge is 2.35. The van der Waals surface area contributed by atoms with Crippen LogP contribution in [0.3, 0.4) is 0 Å². The monoisotopic (exact) mass is 596 g/mol. The maximum atomic E-state index is 13.6. The van der Waals surface area contributed by atoms with E-state index in [2.05, 4.69) is 38.0 Å². The van der Waals surface area contributed by atoms with Crippen molar-refractivity contribution >= 4 is 47.1 Å². The number of alkyl halides is 2. The number of nitrogens with zero attached hydrogens (tertiary/aromatic N) is 4. The van der Waals surface area contributed by atoms with E-state index in [0.717, 1.165) is 25.2 Å². The molecule has 10 nitrogen and oxygen atoms in total. The molecule has 40 heavy (non-hydrogen) atoms. The highest BCUT2D eigenvalue weighted by molar-refractivity contribution is 7.93. The van der Waals surface area contributed by atoms with E-state index in [1.54, 1.807) is 30.0 Å². The first-order chi connectivity index (χ1) is 18.7. The van der Waals surface area contributed by atoms with Crippen LogP contribution in [0.1, 0.15) is 35.8 Å². The molecule has 0 radical (unpaired) electrons. The SMILES string of the molecule is Cc1cc(NC(=O)c2ccc(NS(=O)(=O)[C@@H](C)CO)cc2N2CC[Si](C)(C)CC2)nc(N2CCC(F)(F)CC2)n1. The molecule has 0 bridgehead atoms. The lowest BCUT2D eigenvalue weighted by molar-refractivity contribution is -0.0222. The van der Waals surface area contributed by atoms with Gasteiger partial charge in [0.05, 0.1) is 31.6 Å². The first-order valence-electron chi connectivity index (χ1n) is 13.5. The molecule has 2 saturated heterocycles. The summed E-state index contributed by atoms with van der Waals surface area (Å²) in [5, 5.41) is 11.2. The quantitative estimate of drug-likeness (QED) is 0.392. The molecule has 4 rings (SSSR count). The lowest BCUT2D eigenvalue weighted by atomic mass is 10.1. The van der Waals surface area contributed by atoms with Crippen LogP contribution in [-0.2, 0) is 10.0 Å². The number of carbonyl (C=O) groups excluding carboxylic acids is 1. The number of benzene rings is 1. The van der Waals surface area contributed by atoms with Crippen molar-refractivity contribution in [3.63, 3.8) is 0 Å². The van der Waals surface area contributed by atoms with Crippen LogP contribution in [0.5, 0.6) is 0 Å². The number of halogens is 2. The van der Waals surface area contributed by atoms with Gasteiger partial charge in [-0.05, 0) is 44.1 Å². The smallest absolute Gasteiger partial charge is 0.258 e. The van der Waals surface area contributed by atoms with Gasteiger partial charge in [0.2, 0.25) is 16.0 Å².